The molecule has 0 aliphatic heterocycles. The lowest BCUT2D eigenvalue weighted by Crippen LogP contribution is -2.44. The summed E-state index contributed by atoms with van der Waals surface area (Å²) < 4.78 is 0. The van der Waals surface area contributed by atoms with Gasteiger partial charge in [0, 0.05) is 24.7 Å². The van der Waals surface area contributed by atoms with Crippen molar-refractivity contribution < 1.29 is 0 Å². The minimum atomic E-state index is 0.520. The molecule has 1 fully saturated rings. The number of aromatic amines is 1. The number of anilines is 1. The van der Waals surface area contributed by atoms with E-state index in [2.05, 4.69) is 39.5 Å². The van der Waals surface area contributed by atoms with E-state index in [1.807, 2.05) is 30.3 Å². The molecule has 3 aromatic rings. The van der Waals surface area contributed by atoms with Crippen molar-refractivity contribution in [3.05, 3.63) is 60.4 Å². The van der Waals surface area contributed by atoms with Gasteiger partial charge in [0.2, 0.25) is 0 Å². The number of imidazole rings is 1. The molecule has 1 heterocycles. The lowest BCUT2D eigenvalue weighted by Gasteiger charge is -2.36. The van der Waals surface area contributed by atoms with Crippen LogP contribution < -0.4 is 5.32 Å². The van der Waals surface area contributed by atoms with Gasteiger partial charge in [-0.2, -0.15) is 0 Å². The molecule has 0 atom stereocenters. The molecule has 0 saturated heterocycles. The van der Waals surface area contributed by atoms with Crippen molar-refractivity contribution in [2.45, 2.75) is 44.6 Å². The highest BCUT2D eigenvalue weighted by Gasteiger charge is 2.23. The predicted octanol–water partition coefficient (Wildman–Crippen LogP) is 5.14. The van der Waals surface area contributed by atoms with Gasteiger partial charge in [0.1, 0.15) is 5.82 Å². The molecule has 1 aliphatic rings. The van der Waals surface area contributed by atoms with E-state index in [4.69, 9.17) is 17.2 Å². The van der Waals surface area contributed by atoms with Crippen LogP contribution in [0.5, 0.6) is 0 Å². The molecule has 2 N–H and O–H groups in total. The average Bonchev–Trinajstić information content (AvgIpc) is 3.13. The molecular formula is C22H26N4S. The molecule has 0 radical (unpaired) electrons. The molecule has 0 unspecified atom stereocenters. The summed E-state index contributed by atoms with van der Waals surface area (Å²) in [5, 5.41) is 4.25. The van der Waals surface area contributed by atoms with Gasteiger partial charge in [-0.1, -0.05) is 49.6 Å². The maximum Gasteiger partial charge on any atom is 0.173 e. The van der Waals surface area contributed by atoms with Crippen molar-refractivity contribution >= 4 is 34.1 Å². The van der Waals surface area contributed by atoms with Crippen LogP contribution in [-0.2, 0) is 6.42 Å². The molecule has 4 rings (SSSR count). The van der Waals surface area contributed by atoms with Crippen LogP contribution in [0.1, 0.15) is 37.9 Å². The first kappa shape index (κ1) is 18.0. The minimum Gasteiger partial charge on any atom is -0.346 e. The predicted molar refractivity (Wildman–Crippen MR) is 116 cm³/mol. The van der Waals surface area contributed by atoms with Gasteiger partial charge in [-0.3, -0.25) is 0 Å². The number of hydrogen-bond acceptors (Lipinski definition) is 2. The number of hydrogen-bond donors (Lipinski definition) is 2. The van der Waals surface area contributed by atoms with Gasteiger partial charge in [-0.05, 0) is 49.3 Å². The second kappa shape index (κ2) is 8.53. The van der Waals surface area contributed by atoms with Crippen molar-refractivity contribution in [2.24, 2.45) is 0 Å². The Morgan fingerprint density at radius 2 is 1.78 bits per heavy atom. The fourth-order valence-corrected chi connectivity index (χ4v) is 4.27. The molecule has 1 aliphatic carbocycles. The van der Waals surface area contributed by atoms with E-state index in [9.17, 15) is 0 Å². The summed E-state index contributed by atoms with van der Waals surface area (Å²) in [6.07, 6.45) is 7.22. The van der Waals surface area contributed by atoms with Crippen LogP contribution >= 0.6 is 12.2 Å². The molecular weight excluding hydrogens is 352 g/mol. The fourth-order valence-electron chi connectivity index (χ4n) is 3.91. The lowest BCUT2D eigenvalue weighted by atomic mass is 9.94. The summed E-state index contributed by atoms with van der Waals surface area (Å²) in [7, 11) is 0. The molecule has 4 nitrogen and oxygen atoms in total. The van der Waals surface area contributed by atoms with Crippen LogP contribution in [0.25, 0.3) is 11.0 Å². The molecule has 1 saturated carbocycles. The SMILES string of the molecule is S=C(Nc1ccccc1)N(CCc1nc2ccccc2[nH]1)C1CCCCC1. The monoisotopic (exact) mass is 378 g/mol. The molecule has 1 aromatic heterocycles. The van der Waals surface area contributed by atoms with Crippen molar-refractivity contribution in [1.29, 1.82) is 0 Å². The van der Waals surface area contributed by atoms with Crippen molar-refractivity contribution in [3.8, 4) is 0 Å². The Bertz CT molecular complexity index is 850. The second-order valence-corrected chi connectivity index (χ2v) is 7.62. The first-order valence-corrected chi connectivity index (χ1v) is 10.3. The number of para-hydroxylation sites is 3. The Balaban J connectivity index is 1.47. The molecule has 0 bridgehead atoms. The van der Waals surface area contributed by atoms with Gasteiger partial charge in [-0.25, -0.2) is 4.98 Å². The Morgan fingerprint density at radius 1 is 1.04 bits per heavy atom. The topological polar surface area (TPSA) is 44.0 Å². The molecule has 0 amide bonds. The Kier molecular flexibility index (Phi) is 5.68. The summed E-state index contributed by atoms with van der Waals surface area (Å²) >= 11 is 5.80. The zero-order chi connectivity index (χ0) is 18.5. The highest BCUT2D eigenvalue weighted by atomic mass is 32.1. The minimum absolute atomic E-state index is 0.520. The number of rotatable bonds is 5. The number of benzene rings is 2. The summed E-state index contributed by atoms with van der Waals surface area (Å²) in [5.41, 5.74) is 3.18. The first-order chi connectivity index (χ1) is 13.3. The van der Waals surface area contributed by atoms with Crippen molar-refractivity contribution in [3.63, 3.8) is 0 Å². The maximum atomic E-state index is 5.80. The number of thiocarbonyl (C=S) groups is 1. The lowest BCUT2D eigenvalue weighted by molar-refractivity contribution is 0.247. The van der Waals surface area contributed by atoms with Crippen molar-refractivity contribution in [1.82, 2.24) is 14.9 Å². The van der Waals surface area contributed by atoms with Gasteiger partial charge in [0.15, 0.2) is 5.11 Å². The first-order valence-electron chi connectivity index (χ1n) is 9.86. The Morgan fingerprint density at radius 3 is 2.56 bits per heavy atom. The largest absolute Gasteiger partial charge is 0.346 e. The van der Waals surface area contributed by atoms with Gasteiger partial charge < -0.3 is 15.2 Å². The standard InChI is InChI=1S/C22H26N4S/c27-22(23-17-9-3-1-4-10-17)26(18-11-5-2-6-12-18)16-15-21-24-19-13-7-8-14-20(19)25-21/h1,3-4,7-10,13-14,18H,2,5-6,11-12,15-16H2,(H,23,27)(H,24,25). The van der Waals surface area contributed by atoms with Gasteiger partial charge in [0.05, 0.1) is 11.0 Å². The van der Waals surface area contributed by atoms with E-state index >= 15 is 0 Å². The quantitative estimate of drug-likeness (QED) is 0.604. The number of H-pyrrole nitrogens is 1. The maximum absolute atomic E-state index is 5.80. The number of aromatic nitrogens is 2. The van der Waals surface area contributed by atoms with E-state index < -0.39 is 0 Å². The molecule has 2 aromatic carbocycles. The normalized spacial score (nSPS) is 15.0. The van der Waals surface area contributed by atoms with Crippen LogP contribution in [0, 0.1) is 0 Å². The van der Waals surface area contributed by atoms with E-state index in [-0.39, 0.29) is 0 Å². The summed E-state index contributed by atoms with van der Waals surface area (Å²) in [6, 6.07) is 18.9. The van der Waals surface area contributed by atoms with Crippen LogP contribution in [0.15, 0.2) is 54.6 Å². The van der Waals surface area contributed by atoms with E-state index in [0.717, 1.165) is 40.6 Å². The van der Waals surface area contributed by atoms with Crippen molar-refractivity contribution in [2.75, 3.05) is 11.9 Å². The van der Waals surface area contributed by atoms with Gasteiger partial charge in [0.25, 0.3) is 0 Å². The number of nitrogens with zero attached hydrogens (tertiary/aromatic N) is 2. The van der Waals surface area contributed by atoms with E-state index in [1.54, 1.807) is 0 Å². The number of fused-ring (bicyclic) bond motifs is 1. The van der Waals surface area contributed by atoms with Crippen LogP contribution in [0.4, 0.5) is 5.69 Å². The molecule has 27 heavy (non-hydrogen) atoms. The third kappa shape index (κ3) is 4.48. The zero-order valence-corrected chi connectivity index (χ0v) is 16.3. The Labute approximate surface area is 166 Å². The second-order valence-electron chi connectivity index (χ2n) is 7.23. The summed E-state index contributed by atoms with van der Waals surface area (Å²) in [5.74, 6) is 1.03. The number of nitrogens with one attached hydrogen (secondary N) is 2. The van der Waals surface area contributed by atoms with E-state index in [0.29, 0.717) is 6.04 Å². The van der Waals surface area contributed by atoms with Gasteiger partial charge >= 0.3 is 0 Å². The summed E-state index contributed by atoms with van der Waals surface area (Å²) in [4.78, 5) is 10.6. The summed E-state index contributed by atoms with van der Waals surface area (Å²) in [6.45, 7) is 0.878. The van der Waals surface area contributed by atoms with E-state index in [1.165, 1.54) is 32.1 Å². The highest BCUT2D eigenvalue weighted by molar-refractivity contribution is 7.80. The zero-order valence-electron chi connectivity index (χ0n) is 15.5. The smallest absolute Gasteiger partial charge is 0.173 e. The van der Waals surface area contributed by atoms with Crippen LogP contribution in [0.2, 0.25) is 0 Å². The average molecular weight is 379 g/mol. The van der Waals surface area contributed by atoms with Crippen LogP contribution in [-0.4, -0.2) is 32.6 Å². The molecule has 5 heteroatoms. The third-order valence-electron chi connectivity index (χ3n) is 5.33. The third-order valence-corrected chi connectivity index (χ3v) is 5.67. The Hall–Kier alpha value is -2.40. The molecule has 140 valence electrons. The van der Waals surface area contributed by atoms with Gasteiger partial charge in [-0.15, -0.1) is 0 Å². The fraction of sp³-hybridized carbons (Fsp3) is 0.364. The van der Waals surface area contributed by atoms with Crippen LogP contribution in [0.3, 0.4) is 0 Å². The molecule has 0 spiro atoms. The highest BCUT2D eigenvalue weighted by Crippen LogP contribution is 2.24.